The Labute approximate surface area is 98.6 Å². The van der Waals surface area contributed by atoms with Crippen molar-refractivity contribution in [3.63, 3.8) is 0 Å². The van der Waals surface area contributed by atoms with E-state index in [9.17, 15) is 0 Å². The Balaban J connectivity index is 1.99. The van der Waals surface area contributed by atoms with Gasteiger partial charge in [0, 0.05) is 17.3 Å². The molecule has 2 aromatic heterocycles. The summed E-state index contributed by atoms with van der Waals surface area (Å²) in [6.07, 6.45) is 6.33. The maximum absolute atomic E-state index is 5.77. The zero-order valence-electron chi connectivity index (χ0n) is 9.10. The Kier molecular flexibility index (Phi) is 3.36. The lowest BCUT2D eigenvalue weighted by atomic mass is 10.3. The van der Waals surface area contributed by atoms with Gasteiger partial charge in [-0.1, -0.05) is 6.92 Å². The number of nitrogens with one attached hydrogen (secondary N) is 1. The molecule has 16 heavy (non-hydrogen) atoms. The first-order valence-corrected chi connectivity index (χ1v) is 5.98. The molecular weight excluding hydrogens is 220 g/mol. The summed E-state index contributed by atoms with van der Waals surface area (Å²) in [5.74, 6) is 0. The van der Waals surface area contributed by atoms with E-state index in [1.165, 1.54) is 4.88 Å². The minimum absolute atomic E-state index is 0.662. The van der Waals surface area contributed by atoms with Crippen molar-refractivity contribution in [3.8, 4) is 0 Å². The monoisotopic (exact) mass is 234 g/mol. The second-order valence-electron chi connectivity index (χ2n) is 3.39. The lowest BCUT2D eigenvalue weighted by Gasteiger charge is -2.06. The highest BCUT2D eigenvalue weighted by molar-refractivity contribution is 7.11. The van der Waals surface area contributed by atoms with E-state index in [0.717, 1.165) is 17.1 Å². The fourth-order valence-corrected chi connectivity index (χ4v) is 2.13. The highest BCUT2D eigenvalue weighted by Gasteiger charge is 2.02. The van der Waals surface area contributed by atoms with Crippen LogP contribution in [0.3, 0.4) is 0 Å². The van der Waals surface area contributed by atoms with Gasteiger partial charge >= 0.3 is 0 Å². The van der Waals surface area contributed by atoms with Gasteiger partial charge in [-0.25, -0.2) is 4.98 Å². The first kappa shape index (κ1) is 10.9. The molecule has 2 aromatic rings. The zero-order chi connectivity index (χ0) is 11.4. The van der Waals surface area contributed by atoms with E-state index in [0.29, 0.717) is 12.2 Å². The van der Waals surface area contributed by atoms with Crippen LogP contribution in [0.5, 0.6) is 0 Å². The number of aromatic nitrogens is 2. The van der Waals surface area contributed by atoms with Crippen LogP contribution >= 0.6 is 11.3 Å². The summed E-state index contributed by atoms with van der Waals surface area (Å²) < 4.78 is 0. The van der Waals surface area contributed by atoms with Gasteiger partial charge in [0.05, 0.1) is 24.1 Å². The topological polar surface area (TPSA) is 63.8 Å². The van der Waals surface area contributed by atoms with Crippen molar-refractivity contribution in [2.45, 2.75) is 19.9 Å². The lowest BCUT2D eigenvalue weighted by Crippen LogP contribution is -2.02. The Hall–Kier alpha value is -1.62. The molecule has 0 aliphatic rings. The van der Waals surface area contributed by atoms with Crippen molar-refractivity contribution in [1.29, 1.82) is 0 Å². The van der Waals surface area contributed by atoms with Crippen LogP contribution in [0, 0.1) is 0 Å². The summed E-state index contributed by atoms with van der Waals surface area (Å²) in [6.45, 7) is 2.84. The summed E-state index contributed by atoms with van der Waals surface area (Å²) in [7, 11) is 0. The van der Waals surface area contributed by atoms with Gasteiger partial charge in [0.15, 0.2) is 0 Å². The average Bonchev–Trinajstić information content (AvgIpc) is 2.76. The Morgan fingerprint density at radius 1 is 1.44 bits per heavy atom. The van der Waals surface area contributed by atoms with Crippen LogP contribution in [0.15, 0.2) is 24.7 Å². The number of thiazole rings is 1. The molecule has 0 radical (unpaired) electrons. The predicted octanol–water partition coefficient (Wildman–Crippen LogP) is 2.29. The van der Waals surface area contributed by atoms with E-state index >= 15 is 0 Å². The molecule has 0 atom stereocenters. The van der Waals surface area contributed by atoms with Gasteiger partial charge in [-0.2, -0.15) is 0 Å². The molecule has 5 heteroatoms. The fourth-order valence-electron chi connectivity index (χ4n) is 1.33. The quantitative estimate of drug-likeness (QED) is 0.852. The summed E-state index contributed by atoms with van der Waals surface area (Å²) in [5.41, 5.74) is 7.34. The van der Waals surface area contributed by atoms with Crippen LogP contribution in [0.4, 0.5) is 11.4 Å². The summed E-state index contributed by atoms with van der Waals surface area (Å²) >= 11 is 1.73. The molecule has 0 saturated heterocycles. The first-order chi connectivity index (χ1) is 7.79. The molecule has 84 valence electrons. The number of hydrogen-bond acceptors (Lipinski definition) is 5. The Bertz CT molecular complexity index is 467. The van der Waals surface area contributed by atoms with Crippen molar-refractivity contribution in [2.24, 2.45) is 0 Å². The number of nitrogens with zero attached hydrogens (tertiary/aromatic N) is 2. The van der Waals surface area contributed by atoms with E-state index in [1.54, 1.807) is 23.7 Å². The third-order valence-electron chi connectivity index (χ3n) is 2.23. The maximum Gasteiger partial charge on any atom is 0.112 e. The van der Waals surface area contributed by atoms with Crippen molar-refractivity contribution < 1.29 is 0 Å². The van der Waals surface area contributed by atoms with Gasteiger partial charge in [0.2, 0.25) is 0 Å². The van der Waals surface area contributed by atoms with E-state index in [4.69, 9.17) is 5.73 Å². The lowest BCUT2D eigenvalue weighted by molar-refractivity contribution is 1.09. The molecule has 0 spiro atoms. The summed E-state index contributed by atoms with van der Waals surface area (Å²) in [5, 5.41) is 4.33. The van der Waals surface area contributed by atoms with E-state index in [2.05, 4.69) is 22.2 Å². The second kappa shape index (κ2) is 4.94. The maximum atomic E-state index is 5.77. The molecule has 0 amide bonds. The van der Waals surface area contributed by atoms with Crippen molar-refractivity contribution >= 4 is 22.7 Å². The van der Waals surface area contributed by atoms with Gasteiger partial charge in [-0.3, -0.25) is 4.98 Å². The molecule has 2 heterocycles. The van der Waals surface area contributed by atoms with Crippen molar-refractivity contribution in [2.75, 3.05) is 11.1 Å². The normalized spacial score (nSPS) is 10.3. The second-order valence-corrected chi connectivity index (χ2v) is 4.59. The minimum Gasteiger partial charge on any atom is -0.396 e. The smallest absolute Gasteiger partial charge is 0.112 e. The summed E-state index contributed by atoms with van der Waals surface area (Å²) in [6, 6.07) is 1.86. The molecule has 0 bridgehead atoms. The van der Waals surface area contributed by atoms with Crippen LogP contribution in [0.25, 0.3) is 0 Å². The molecule has 0 fully saturated rings. The number of pyridine rings is 1. The highest BCUT2D eigenvalue weighted by atomic mass is 32.1. The number of hydrogen-bond donors (Lipinski definition) is 2. The molecular formula is C11H14N4S. The Morgan fingerprint density at radius 2 is 2.31 bits per heavy atom. The van der Waals surface area contributed by atoms with Crippen molar-refractivity contribution in [1.82, 2.24) is 9.97 Å². The Morgan fingerprint density at radius 3 is 3.00 bits per heavy atom. The van der Waals surface area contributed by atoms with Gasteiger partial charge in [0.25, 0.3) is 0 Å². The third kappa shape index (κ3) is 2.49. The number of nitrogens with two attached hydrogens (primary N) is 1. The first-order valence-electron chi connectivity index (χ1n) is 5.16. The average molecular weight is 234 g/mol. The van der Waals surface area contributed by atoms with Crippen molar-refractivity contribution in [3.05, 3.63) is 34.5 Å². The molecule has 0 aliphatic carbocycles. The minimum atomic E-state index is 0.662. The standard InChI is InChI=1S/C11H14N4S/c1-2-8-5-15-11(16-8)7-14-10-3-4-13-6-9(10)12/h3-6H,2,7,12H2,1H3,(H,13,14). The van der Waals surface area contributed by atoms with Crippen LogP contribution in [0.2, 0.25) is 0 Å². The van der Waals surface area contributed by atoms with E-state index in [1.807, 2.05) is 12.3 Å². The molecule has 3 N–H and O–H groups in total. The largest absolute Gasteiger partial charge is 0.396 e. The van der Waals surface area contributed by atoms with E-state index < -0.39 is 0 Å². The third-order valence-corrected chi connectivity index (χ3v) is 3.37. The molecule has 0 aromatic carbocycles. The SMILES string of the molecule is CCc1cnc(CNc2ccncc2N)s1. The molecule has 0 unspecified atom stereocenters. The predicted molar refractivity (Wildman–Crippen MR) is 67.5 cm³/mol. The molecule has 0 aliphatic heterocycles. The fraction of sp³-hybridized carbons (Fsp3) is 0.273. The van der Waals surface area contributed by atoms with Crippen LogP contribution in [-0.4, -0.2) is 9.97 Å². The molecule has 2 rings (SSSR count). The van der Waals surface area contributed by atoms with E-state index in [-0.39, 0.29) is 0 Å². The van der Waals surface area contributed by atoms with Crippen LogP contribution < -0.4 is 11.1 Å². The summed E-state index contributed by atoms with van der Waals surface area (Å²) in [4.78, 5) is 9.58. The number of nitrogen functional groups attached to an aromatic ring is 1. The highest BCUT2D eigenvalue weighted by Crippen LogP contribution is 2.18. The van der Waals surface area contributed by atoms with Crippen LogP contribution in [-0.2, 0) is 13.0 Å². The zero-order valence-corrected chi connectivity index (χ0v) is 9.92. The number of aryl methyl sites for hydroxylation is 1. The van der Waals surface area contributed by atoms with Crippen LogP contribution in [0.1, 0.15) is 16.8 Å². The number of anilines is 2. The van der Waals surface area contributed by atoms with Gasteiger partial charge in [0.1, 0.15) is 5.01 Å². The van der Waals surface area contributed by atoms with Gasteiger partial charge < -0.3 is 11.1 Å². The van der Waals surface area contributed by atoms with Gasteiger partial charge in [-0.05, 0) is 12.5 Å². The van der Waals surface area contributed by atoms with Gasteiger partial charge in [-0.15, -0.1) is 11.3 Å². The molecule has 0 saturated carbocycles. The molecule has 4 nitrogen and oxygen atoms in total. The number of rotatable bonds is 4.